The summed E-state index contributed by atoms with van der Waals surface area (Å²) in [5.74, 6) is 0.217. The minimum atomic E-state index is -3.84. The Kier molecular flexibility index (Phi) is 4.40. The molecule has 1 aromatic heterocycles. The van der Waals surface area contributed by atoms with Crippen molar-refractivity contribution in [2.75, 3.05) is 0 Å². The number of nitrogens with one attached hydrogen (secondary N) is 1. The Balaban J connectivity index is 2.40. The molecule has 6 nitrogen and oxygen atoms in total. The van der Waals surface area contributed by atoms with Gasteiger partial charge in [-0.15, -0.1) is 0 Å². The predicted molar refractivity (Wildman–Crippen MR) is 82.3 cm³/mol. The molecule has 0 aliphatic rings. The second-order valence-corrected chi connectivity index (χ2v) is 6.64. The van der Waals surface area contributed by atoms with Crippen molar-refractivity contribution < 1.29 is 12.9 Å². The van der Waals surface area contributed by atoms with E-state index in [1.54, 1.807) is 31.2 Å². The molecule has 0 saturated heterocycles. The summed E-state index contributed by atoms with van der Waals surface area (Å²) in [6.45, 7) is 3.09. The third-order valence-electron chi connectivity index (χ3n) is 2.93. The summed E-state index contributed by atoms with van der Waals surface area (Å²) in [7, 11) is -3.84. The van der Waals surface area contributed by atoms with Gasteiger partial charge in [0.15, 0.2) is 5.76 Å². The lowest BCUT2D eigenvalue weighted by Gasteiger charge is -2.17. The Morgan fingerprint density at radius 1 is 1.33 bits per heavy atom. The fourth-order valence-corrected chi connectivity index (χ4v) is 3.81. The van der Waals surface area contributed by atoms with Gasteiger partial charge in [0.1, 0.15) is 10.6 Å². The summed E-state index contributed by atoms with van der Waals surface area (Å²) < 4.78 is 32.4. The van der Waals surface area contributed by atoms with Gasteiger partial charge in [0.05, 0.1) is 11.0 Å². The molecule has 2 rings (SSSR count). The average molecular weight is 325 g/mol. The van der Waals surface area contributed by atoms with E-state index in [4.69, 9.17) is 22.5 Å². The number of thiocarbonyl (C=S) groups is 1. The zero-order valence-electron chi connectivity index (χ0n) is 11.5. The van der Waals surface area contributed by atoms with E-state index in [0.29, 0.717) is 5.56 Å². The van der Waals surface area contributed by atoms with Crippen molar-refractivity contribution in [2.24, 2.45) is 5.73 Å². The van der Waals surface area contributed by atoms with Crippen LogP contribution in [0.2, 0.25) is 0 Å². The van der Waals surface area contributed by atoms with Crippen molar-refractivity contribution in [1.29, 1.82) is 0 Å². The Hall–Kier alpha value is -1.77. The van der Waals surface area contributed by atoms with E-state index in [1.807, 2.05) is 6.07 Å². The van der Waals surface area contributed by atoms with Crippen molar-refractivity contribution in [3.8, 4) is 0 Å². The number of nitrogens with zero attached hydrogens (tertiary/aromatic N) is 1. The monoisotopic (exact) mass is 325 g/mol. The van der Waals surface area contributed by atoms with E-state index in [1.165, 1.54) is 6.92 Å². The van der Waals surface area contributed by atoms with E-state index in [2.05, 4.69) is 9.88 Å². The van der Waals surface area contributed by atoms with Crippen LogP contribution in [0.25, 0.3) is 0 Å². The molecule has 8 heteroatoms. The number of benzene rings is 1. The predicted octanol–water partition coefficient (Wildman–Crippen LogP) is 1.60. The van der Waals surface area contributed by atoms with Crippen molar-refractivity contribution in [3.05, 3.63) is 47.3 Å². The first-order chi connectivity index (χ1) is 9.83. The normalized spacial score (nSPS) is 13.0. The Morgan fingerprint density at radius 3 is 2.43 bits per heavy atom. The van der Waals surface area contributed by atoms with Crippen molar-refractivity contribution in [2.45, 2.75) is 24.8 Å². The fraction of sp³-hybridized carbons (Fsp3) is 0.231. The Morgan fingerprint density at radius 2 is 1.95 bits per heavy atom. The molecule has 0 fully saturated rings. The molecular formula is C13H15N3O3S2. The van der Waals surface area contributed by atoms with Gasteiger partial charge in [0.2, 0.25) is 10.0 Å². The van der Waals surface area contributed by atoms with Crippen LogP contribution < -0.4 is 10.5 Å². The quantitative estimate of drug-likeness (QED) is 0.810. The standard InChI is InChI=1S/C13H15N3O3S2/c1-8-12(9(2)19-15-8)21(17,18)16-11(13(14)20)10-6-4-3-5-7-10/h3-7,11,16H,1-2H3,(H2,14,20). The van der Waals surface area contributed by atoms with Gasteiger partial charge in [-0.25, -0.2) is 8.42 Å². The first-order valence-electron chi connectivity index (χ1n) is 6.12. The van der Waals surface area contributed by atoms with Gasteiger partial charge < -0.3 is 10.3 Å². The van der Waals surface area contributed by atoms with Gasteiger partial charge >= 0.3 is 0 Å². The maximum absolute atomic E-state index is 12.5. The third kappa shape index (κ3) is 3.29. The van der Waals surface area contributed by atoms with Gasteiger partial charge in [-0.2, -0.15) is 4.72 Å². The number of aromatic nitrogens is 1. The van der Waals surface area contributed by atoms with Gasteiger partial charge in [-0.05, 0) is 19.4 Å². The second kappa shape index (κ2) is 5.92. The Bertz CT molecular complexity index is 735. The van der Waals surface area contributed by atoms with E-state index >= 15 is 0 Å². The van der Waals surface area contributed by atoms with E-state index in [0.717, 1.165) is 0 Å². The van der Waals surface area contributed by atoms with Crippen molar-refractivity contribution in [1.82, 2.24) is 9.88 Å². The molecule has 0 saturated carbocycles. The van der Waals surface area contributed by atoms with E-state index < -0.39 is 16.1 Å². The smallest absolute Gasteiger partial charge is 0.246 e. The number of sulfonamides is 1. The maximum atomic E-state index is 12.5. The second-order valence-electron chi connectivity index (χ2n) is 4.52. The molecule has 21 heavy (non-hydrogen) atoms. The van der Waals surface area contributed by atoms with Gasteiger partial charge in [-0.1, -0.05) is 47.7 Å². The largest absolute Gasteiger partial charge is 0.392 e. The molecule has 3 N–H and O–H groups in total. The summed E-state index contributed by atoms with van der Waals surface area (Å²) >= 11 is 4.97. The molecule has 1 heterocycles. The lowest BCUT2D eigenvalue weighted by Crippen LogP contribution is -2.36. The molecule has 112 valence electrons. The van der Waals surface area contributed by atoms with Crippen LogP contribution in [0.15, 0.2) is 39.8 Å². The fourth-order valence-electron chi connectivity index (χ4n) is 2.01. The van der Waals surface area contributed by atoms with Crippen LogP contribution in [0, 0.1) is 13.8 Å². The van der Waals surface area contributed by atoms with Crippen LogP contribution in [0.4, 0.5) is 0 Å². The van der Waals surface area contributed by atoms with Crippen LogP contribution in [-0.4, -0.2) is 18.6 Å². The van der Waals surface area contributed by atoms with Crippen LogP contribution in [-0.2, 0) is 10.0 Å². The minimum absolute atomic E-state index is 0.0136. The highest BCUT2D eigenvalue weighted by Crippen LogP contribution is 2.22. The lowest BCUT2D eigenvalue weighted by atomic mass is 10.1. The lowest BCUT2D eigenvalue weighted by molar-refractivity contribution is 0.390. The summed E-state index contributed by atoms with van der Waals surface area (Å²) in [6, 6.07) is 8.10. The topological polar surface area (TPSA) is 98.2 Å². The molecule has 1 aromatic carbocycles. The average Bonchev–Trinajstić information content (AvgIpc) is 2.77. The van der Waals surface area contributed by atoms with Gasteiger partial charge in [0, 0.05) is 0 Å². The number of rotatable bonds is 5. The Labute approximate surface area is 128 Å². The van der Waals surface area contributed by atoms with Crippen LogP contribution >= 0.6 is 12.2 Å². The van der Waals surface area contributed by atoms with Crippen molar-refractivity contribution >= 4 is 27.2 Å². The molecule has 0 bridgehead atoms. The molecular weight excluding hydrogens is 310 g/mol. The number of hydrogen-bond donors (Lipinski definition) is 2. The zero-order valence-corrected chi connectivity index (χ0v) is 13.2. The molecule has 0 aliphatic carbocycles. The highest BCUT2D eigenvalue weighted by molar-refractivity contribution is 7.89. The van der Waals surface area contributed by atoms with Crippen LogP contribution in [0.3, 0.4) is 0 Å². The molecule has 0 amide bonds. The molecule has 1 unspecified atom stereocenters. The van der Waals surface area contributed by atoms with Crippen LogP contribution in [0.5, 0.6) is 0 Å². The van der Waals surface area contributed by atoms with E-state index in [-0.39, 0.29) is 21.3 Å². The van der Waals surface area contributed by atoms with Gasteiger partial charge in [-0.3, -0.25) is 0 Å². The summed E-state index contributed by atoms with van der Waals surface area (Å²) in [4.78, 5) is 0.0521. The number of aryl methyl sites for hydroxylation is 2. The molecule has 0 radical (unpaired) electrons. The van der Waals surface area contributed by atoms with Crippen molar-refractivity contribution in [3.63, 3.8) is 0 Å². The summed E-state index contributed by atoms with van der Waals surface area (Å²) in [5, 5.41) is 3.65. The first-order valence-corrected chi connectivity index (χ1v) is 8.01. The van der Waals surface area contributed by atoms with E-state index in [9.17, 15) is 8.42 Å². The molecule has 0 spiro atoms. The highest BCUT2D eigenvalue weighted by Gasteiger charge is 2.28. The molecule has 1 atom stereocenters. The highest BCUT2D eigenvalue weighted by atomic mass is 32.2. The minimum Gasteiger partial charge on any atom is -0.392 e. The summed E-state index contributed by atoms with van der Waals surface area (Å²) in [5.41, 5.74) is 6.62. The third-order valence-corrected chi connectivity index (χ3v) is 4.83. The number of hydrogen-bond acceptors (Lipinski definition) is 5. The maximum Gasteiger partial charge on any atom is 0.246 e. The number of nitrogens with two attached hydrogens (primary N) is 1. The first kappa shape index (κ1) is 15.6. The summed E-state index contributed by atoms with van der Waals surface area (Å²) in [6.07, 6.45) is 0. The molecule has 2 aromatic rings. The SMILES string of the molecule is Cc1noc(C)c1S(=O)(=O)NC(C(N)=S)c1ccccc1. The van der Waals surface area contributed by atoms with Crippen LogP contribution in [0.1, 0.15) is 23.1 Å². The van der Waals surface area contributed by atoms with Gasteiger partial charge in [0.25, 0.3) is 0 Å². The molecule has 0 aliphatic heterocycles. The zero-order chi connectivity index (χ0) is 15.6.